The van der Waals surface area contributed by atoms with E-state index in [1.807, 2.05) is 24.6 Å². The third kappa shape index (κ3) is 1.40. The van der Waals surface area contributed by atoms with Crippen molar-refractivity contribution < 1.29 is 9.47 Å². The number of methoxy groups -OCH3 is 2. The highest BCUT2D eigenvalue weighted by Crippen LogP contribution is 2.39. The molecule has 1 N–H and O–H groups in total. The fourth-order valence-corrected chi connectivity index (χ4v) is 2.50. The molecular weight excluding hydrogens is 216 g/mol. The molecule has 0 aromatic rings. The van der Waals surface area contributed by atoms with Gasteiger partial charge in [0.05, 0.1) is 31.9 Å². The molecular formula is C13H14N2O2. The summed E-state index contributed by atoms with van der Waals surface area (Å²) in [6.07, 6.45) is 9.87. The first-order chi connectivity index (χ1) is 8.35. The van der Waals surface area contributed by atoms with Crippen LogP contribution in [-0.2, 0) is 9.47 Å². The Balaban J connectivity index is 2.16. The first kappa shape index (κ1) is 10.2. The Morgan fingerprint density at radius 2 is 2.18 bits per heavy atom. The molecule has 4 heteroatoms. The van der Waals surface area contributed by atoms with Crippen molar-refractivity contribution in [2.24, 2.45) is 10.9 Å². The molecule has 0 aromatic carbocycles. The highest BCUT2D eigenvalue weighted by molar-refractivity contribution is 5.76. The van der Waals surface area contributed by atoms with Gasteiger partial charge in [-0.2, -0.15) is 0 Å². The second-order valence-corrected chi connectivity index (χ2v) is 4.10. The van der Waals surface area contributed by atoms with Crippen LogP contribution in [0.2, 0.25) is 0 Å². The molecule has 2 heterocycles. The minimum atomic E-state index is 0.158. The number of dihydropyridines is 1. The van der Waals surface area contributed by atoms with Gasteiger partial charge in [0.2, 0.25) is 0 Å². The zero-order valence-electron chi connectivity index (χ0n) is 9.81. The maximum absolute atomic E-state index is 5.44. The molecule has 3 aliphatic rings. The van der Waals surface area contributed by atoms with Crippen LogP contribution in [0, 0.1) is 5.92 Å². The minimum Gasteiger partial charge on any atom is -0.493 e. The van der Waals surface area contributed by atoms with Crippen LogP contribution in [0.3, 0.4) is 0 Å². The summed E-state index contributed by atoms with van der Waals surface area (Å²) in [5.74, 6) is 1.74. The van der Waals surface area contributed by atoms with Crippen molar-refractivity contribution in [3.8, 4) is 0 Å². The summed E-state index contributed by atoms with van der Waals surface area (Å²) in [5.41, 5.74) is 2.23. The molecule has 2 atom stereocenters. The van der Waals surface area contributed by atoms with Gasteiger partial charge in [0.15, 0.2) is 11.5 Å². The number of allylic oxidation sites excluding steroid dienone is 2. The van der Waals surface area contributed by atoms with Gasteiger partial charge in [-0.1, -0.05) is 0 Å². The van der Waals surface area contributed by atoms with Crippen molar-refractivity contribution in [2.75, 3.05) is 14.2 Å². The third-order valence-electron chi connectivity index (χ3n) is 3.26. The molecule has 0 bridgehead atoms. The number of ether oxygens (including phenoxy) is 2. The molecule has 2 aliphatic heterocycles. The monoisotopic (exact) mass is 230 g/mol. The van der Waals surface area contributed by atoms with Crippen LogP contribution in [0.25, 0.3) is 0 Å². The number of nitrogens with one attached hydrogen (secondary N) is 1. The van der Waals surface area contributed by atoms with Gasteiger partial charge in [-0.15, -0.1) is 0 Å². The van der Waals surface area contributed by atoms with Gasteiger partial charge in [0, 0.05) is 6.21 Å². The number of aliphatic imine (C=N–C) groups is 1. The maximum atomic E-state index is 5.44. The van der Waals surface area contributed by atoms with Gasteiger partial charge in [-0.3, -0.25) is 4.99 Å². The van der Waals surface area contributed by atoms with Crippen LogP contribution in [0.4, 0.5) is 0 Å². The van der Waals surface area contributed by atoms with E-state index in [9.17, 15) is 0 Å². The minimum absolute atomic E-state index is 0.158. The summed E-state index contributed by atoms with van der Waals surface area (Å²) < 4.78 is 10.8. The molecule has 0 unspecified atom stereocenters. The zero-order chi connectivity index (χ0) is 11.8. The molecule has 4 nitrogen and oxygen atoms in total. The fraction of sp³-hybridized carbons (Fsp3) is 0.308. The van der Waals surface area contributed by atoms with Crippen molar-refractivity contribution >= 4 is 6.21 Å². The summed E-state index contributed by atoms with van der Waals surface area (Å²) >= 11 is 0. The number of rotatable bonds is 2. The quantitative estimate of drug-likeness (QED) is 0.781. The van der Waals surface area contributed by atoms with E-state index in [2.05, 4.69) is 16.4 Å². The average Bonchev–Trinajstić information content (AvgIpc) is 2.39. The molecule has 0 saturated carbocycles. The van der Waals surface area contributed by atoms with Crippen LogP contribution in [0.15, 0.2) is 52.2 Å². The van der Waals surface area contributed by atoms with E-state index < -0.39 is 0 Å². The molecule has 0 amide bonds. The first-order valence-electron chi connectivity index (χ1n) is 5.56. The van der Waals surface area contributed by atoms with Crippen LogP contribution >= 0.6 is 0 Å². The van der Waals surface area contributed by atoms with Gasteiger partial charge in [0.25, 0.3) is 0 Å². The van der Waals surface area contributed by atoms with E-state index in [-0.39, 0.29) is 12.0 Å². The van der Waals surface area contributed by atoms with Gasteiger partial charge in [-0.05, 0) is 30.0 Å². The predicted molar refractivity (Wildman–Crippen MR) is 65.3 cm³/mol. The summed E-state index contributed by atoms with van der Waals surface area (Å²) in [7, 11) is 3.31. The highest BCUT2D eigenvalue weighted by atomic mass is 16.5. The van der Waals surface area contributed by atoms with Gasteiger partial charge >= 0.3 is 0 Å². The van der Waals surface area contributed by atoms with E-state index in [1.165, 1.54) is 5.57 Å². The van der Waals surface area contributed by atoms with Crippen molar-refractivity contribution in [1.29, 1.82) is 0 Å². The molecule has 0 aromatic heterocycles. The molecule has 0 fully saturated rings. The van der Waals surface area contributed by atoms with Gasteiger partial charge < -0.3 is 14.8 Å². The summed E-state index contributed by atoms with van der Waals surface area (Å²) in [5, 5.41) is 3.25. The van der Waals surface area contributed by atoms with Gasteiger partial charge in [-0.25, -0.2) is 0 Å². The Labute approximate surface area is 100 Å². The molecule has 0 saturated heterocycles. The lowest BCUT2D eigenvalue weighted by molar-refractivity contribution is 0.208. The first-order valence-corrected chi connectivity index (χ1v) is 5.56. The normalized spacial score (nSPS) is 29.1. The zero-order valence-corrected chi connectivity index (χ0v) is 9.81. The summed E-state index contributed by atoms with van der Waals surface area (Å²) in [6.45, 7) is 0. The van der Waals surface area contributed by atoms with Crippen LogP contribution in [-0.4, -0.2) is 26.5 Å². The fourth-order valence-electron chi connectivity index (χ4n) is 2.50. The molecule has 0 spiro atoms. The molecule has 1 aliphatic carbocycles. The predicted octanol–water partition coefficient (Wildman–Crippen LogP) is 1.50. The Morgan fingerprint density at radius 1 is 1.29 bits per heavy atom. The Bertz CT molecular complexity index is 498. The molecule has 17 heavy (non-hydrogen) atoms. The number of hydrogen-bond acceptors (Lipinski definition) is 4. The Morgan fingerprint density at radius 3 is 2.94 bits per heavy atom. The lowest BCUT2D eigenvalue weighted by Gasteiger charge is -2.35. The largest absolute Gasteiger partial charge is 0.493 e. The number of hydrogen-bond donors (Lipinski definition) is 1. The average molecular weight is 230 g/mol. The highest BCUT2D eigenvalue weighted by Gasteiger charge is 2.36. The van der Waals surface area contributed by atoms with E-state index in [0.717, 1.165) is 17.2 Å². The number of nitrogens with zero attached hydrogens (tertiary/aromatic N) is 1. The van der Waals surface area contributed by atoms with Crippen LogP contribution in [0.5, 0.6) is 0 Å². The van der Waals surface area contributed by atoms with Crippen molar-refractivity contribution in [3.63, 3.8) is 0 Å². The van der Waals surface area contributed by atoms with Crippen molar-refractivity contribution in [2.45, 2.75) is 6.04 Å². The third-order valence-corrected chi connectivity index (χ3v) is 3.26. The Kier molecular flexibility index (Phi) is 2.28. The van der Waals surface area contributed by atoms with Crippen molar-refractivity contribution in [1.82, 2.24) is 5.32 Å². The molecule has 3 rings (SSSR count). The lowest BCUT2D eigenvalue weighted by Crippen LogP contribution is -2.36. The molecule has 0 radical (unpaired) electrons. The summed E-state index contributed by atoms with van der Waals surface area (Å²) in [4.78, 5) is 4.47. The van der Waals surface area contributed by atoms with Crippen LogP contribution < -0.4 is 5.32 Å². The molecule has 88 valence electrons. The van der Waals surface area contributed by atoms with Crippen molar-refractivity contribution in [3.05, 3.63) is 47.2 Å². The van der Waals surface area contributed by atoms with E-state index >= 15 is 0 Å². The maximum Gasteiger partial charge on any atom is 0.180 e. The second kappa shape index (κ2) is 3.80. The lowest BCUT2D eigenvalue weighted by atomic mass is 9.81. The summed E-state index contributed by atoms with van der Waals surface area (Å²) in [6, 6.07) is 0.158. The topological polar surface area (TPSA) is 42.8 Å². The van der Waals surface area contributed by atoms with Crippen LogP contribution in [0.1, 0.15) is 0 Å². The van der Waals surface area contributed by atoms with E-state index in [0.29, 0.717) is 0 Å². The van der Waals surface area contributed by atoms with Gasteiger partial charge in [0.1, 0.15) is 0 Å². The van der Waals surface area contributed by atoms with E-state index in [1.54, 1.807) is 14.2 Å². The SMILES string of the molecule is COC1=CC2=CC=N[C@@H]3C=CNC(=C1OC)[C@@H]23. The van der Waals surface area contributed by atoms with E-state index in [4.69, 9.17) is 9.47 Å². The second-order valence-electron chi connectivity index (χ2n) is 4.10. The smallest absolute Gasteiger partial charge is 0.180 e. The standard InChI is InChI=1S/C13H14N2O2/c1-16-10-7-8-3-5-14-9-4-6-15-12(11(8)9)13(10)17-2/h3-7,9,11,15H,1-2H3/t9-,11+/m1/s1. The Hall–Kier alpha value is -1.97.